The van der Waals surface area contributed by atoms with Crippen LogP contribution in [0.3, 0.4) is 0 Å². The largest absolute Gasteiger partial charge is 0.355 e. The third-order valence-corrected chi connectivity index (χ3v) is 3.72. The molecule has 0 fully saturated rings. The third kappa shape index (κ3) is 4.90. The van der Waals surface area contributed by atoms with Gasteiger partial charge in [-0.15, -0.1) is 0 Å². The van der Waals surface area contributed by atoms with E-state index in [0.717, 1.165) is 0 Å². The molecular weight excluding hydrogens is 311 g/mol. The number of halogens is 2. The van der Waals surface area contributed by atoms with Crippen LogP contribution >= 0.6 is 23.2 Å². The van der Waals surface area contributed by atoms with E-state index in [1.165, 1.54) is 0 Å². The number of rotatable bonds is 5. The highest BCUT2D eigenvalue weighted by Gasteiger charge is 2.36. The predicted molar refractivity (Wildman–Crippen MR) is 86.7 cm³/mol. The van der Waals surface area contributed by atoms with E-state index in [1.54, 1.807) is 32.0 Å². The van der Waals surface area contributed by atoms with E-state index in [0.29, 0.717) is 28.2 Å². The second-order valence-electron chi connectivity index (χ2n) is 5.81. The molecule has 1 rings (SSSR count). The Labute approximate surface area is 135 Å². The number of nitrogens with one attached hydrogen (secondary N) is 2. The zero-order valence-corrected chi connectivity index (χ0v) is 14.1. The molecule has 0 aliphatic carbocycles. The number of hydrogen-bond donors (Lipinski definition) is 2. The topological polar surface area (TPSA) is 58.2 Å². The molecule has 0 aliphatic heterocycles. The minimum atomic E-state index is -1.18. The number of benzene rings is 1. The van der Waals surface area contributed by atoms with Gasteiger partial charge in [0.15, 0.2) is 0 Å². The number of hydrogen-bond acceptors (Lipinski definition) is 2. The lowest BCUT2D eigenvalue weighted by Gasteiger charge is -2.23. The third-order valence-electron chi connectivity index (χ3n) is 2.98. The van der Waals surface area contributed by atoms with Crippen LogP contribution in [0.15, 0.2) is 18.2 Å². The summed E-state index contributed by atoms with van der Waals surface area (Å²) in [6.45, 7) is 7.67. The highest BCUT2D eigenvalue weighted by atomic mass is 35.5. The Morgan fingerprint density at radius 3 is 2.29 bits per heavy atom. The molecule has 0 aliphatic rings. The number of amides is 2. The molecule has 116 valence electrons. The van der Waals surface area contributed by atoms with Crippen LogP contribution in [0.25, 0.3) is 0 Å². The number of carbonyl (C=O) groups excluding carboxylic acids is 2. The SMILES string of the molecule is CC(C)CNC(=O)C(C)(C)C(=O)Nc1ccc(Cl)c(Cl)c1. The monoisotopic (exact) mass is 330 g/mol. The summed E-state index contributed by atoms with van der Waals surface area (Å²) in [6, 6.07) is 4.77. The maximum atomic E-state index is 12.3. The van der Waals surface area contributed by atoms with E-state index in [1.807, 2.05) is 13.8 Å². The molecule has 0 bridgehead atoms. The van der Waals surface area contributed by atoms with Crippen molar-refractivity contribution in [3.63, 3.8) is 0 Å². The van der Waals surface area contributed by atoms with Crippen LogP contribution in [-0.4, -0.2) is 18.4 Å². The van der Waals surface area contributed by atoms with Crippen molar-refractivity contribution >= 4 is 40.7 Å². The molecule has 0 saturated heterocycles. The van der Waals surface area contributed by atoms with Crippen LogP contribution in [0.5, 0.6) is 0 Å². The van der Waals surface area contributed by atoms with Crippen molar-refractivity contribution in [1.29, 1.82) is 0 Å². The molecule has 2 N–H and O–H groups in total. The van der Waals surface area contributed by atoms with E-state index in [9.17, 15) is 9.59 Å². The zero-order chi connectivity index (χ0) is 16.2. The van der Waals surface area contributed by atoms with Gasteiger partial charge in [0.25, 0.3) is 0 Å². The van der Waals surface area contributed by atoms with Gasteiger partial charge in [-0.25, -0.2) is 0 Å². The predicted octanol–water partition coefficient (Wildman–Crippen LogP) is 3.73. The van der Waals surface area contributed by atoms with Gasteiger partial charge < -0.3 is 10.6 Å². The molecule has 0 unspecified atom stereocenters. The fourth-order valence-electron chi connectivity index (χ4n) is 1.48. The van der Waals surface area contributed by atoms with E-state index in [4.69, 9.17) is 23.2 Å². The van der Waals surface area contributed by atoms with Gasteiger partial charge in [0.1, 0.15) is 5.41 Å². The van der Waals surface area contributed by atoms with Crippen molar-refractivity contribution in [2.75, 3.05) is 11.9 Å². The van der Waals surface area contributed by atoms with Crippen molar-refractivity contribution in [2.24, 2.45) is 11.3 Å². The van der Waals surface area contributed by atoms with E-state index < -0.39 is 11.3 Å². The lowest BCUT2D eigenvalue weighted by atomic mass is 9.90. The van der Waals surface area contributed by atoms with Crippen molar-refractivity contribution in [2.45, 2.75) is 27.7 Å². The summed E-state index contributed by atoms with van der Waals surface area (Å²) in [4.78, 5) is 24.4. The Hall–Kier alpha value is -1.26. The van der Waals surface area contributed by atoms with Gasteiger partial charge in [-0.05, 0) is 38.0 Å². The summed E-state index contributed by atoms with van der Waals surface area (Å²) in [5, 5.41) is 6.19. The van der Waals surface area contributed by atoms with E-state index in [-0.39, 0.29) is 5.91 Å². The first-order chi connectivity index (χ1) is 9.64. The molecule has 4 nitrogen and oxygen atoms in total. The summed E-state index contributed by atoms with van der Waals surface area (Å²) in [6.07, 6.45) is 0. The van der Waals surface area contributed by atoms with Crippen LogP contribution in [0.2, 0.25) is 10.0 Å². The molecule has 1 aromatic carbocycles. The summed E-state index contributed by atoms with van der Waals surface area (Å²) in [5.41, 5.74) is -0.680. The standard InChI is InChI=1S/C15H20Cl2N2O2/c1-9(2)8-18-13(20)15(3,4)14(21)19-10-5-6-11(16)12(17)7-10/h5-7,9H,8H2,1-4H3,(H,18,20)(H,19,21). The average Bonchev–Trinajstić information content (AvgIpc) is 2.39. The average molecular weight is 331 g/mol. The highest BCUT2D eigenvalue weighted by Crippen LogP contribution is 2.26. The normalized spacial score (nSPS) is 11.4. The van der Waals surface area contributed by atoms with Crippen LogP contribution < -0.4 is 10.6 Å². The molecule has 0 atom stereocenters. The molecule has 0 spiro atoms. The maximum absolute atomic E-state index is 12.3. The molecule has 6 heteroatoms. The molecule has 1 aromatic rings. The fourth-order valence-corrected chi connectivity index (χ4v) is 1.78. The lowest BCUT2D eigenvalue weighted by molar-refractivity contribution is -0.138. The molecule has 2 amide bonds. The summed E-state index contributed by atoms with van der Waals surface area (Å²) < 4.78 is 0. The second-order valence-corrected chi connectivity index (χ2v) is 6.63. The minimum absolute atomic E-state index is 0.311. The molecule has 0 heterocycles. The molecule has 21 heavy (non-hydrogen) atoms. The first-order valence-electron chi connectivity index (χ1n) is 6.69. The van der Waals surface area contributed by atoms with E-state index >= 15 is 0 Å². The Balaban J connectivity index is 2.76. The summed E-state index contributed by atoms with van der Waals surface area (Å²) >= 11 is 11.7. The lowest BCUT2D eigenvalue weighted by Crippen LogP contribution is -2.46. The smallest absolute Gasteiger partial charge is 0.239 e. The Morgan fingerprint density at radius 2 is 1.76 bits per heavy atom. The van der Waals surface area contributed by atoms with E-state index in [2.05, 4.69) is 10.6 Å². The second kappa shape index (κ2) is 7.14. The fraction of sp³-hybridized carbons (Fsp3) is 0.467. The first kappa shape index (κ1) is 17.8. The first-order valence-corrected chi connectivity index (χ1v) is 7.45. The summed E-state index contributed by atoms with van der Waals surface area (Å²) in [7, 11) is 0. The molecule has 0 radical (unpaired) electrons. The zero-order valence-electron chi connectivity index (χ0n) is 12.6. The van der Waals surface area contributed by atoms with Gasteiger partial charge in [0, 0.05) is 12.2 Å². The Kier molecular flexibility index (Phi) is 6.05. The van der Waals surface area contributed by atoms with Crippen molar-refractivity contribution in [3.8, 4) is 0 Å². The van der Waals surface area contributed by atoms with Gasteiger partial charge >= 0.3 is 0 Å². The van der Waals surface area contributed by atoms with Crippen molar-refractivity contribution in [1.82, 2.24) is 5.32 Å². The summed E-state index contributed by atoms with van der Waals surface area (Å²) in [5.74, 6) is -0.390. The van der Waals surface area contributed by atoms with Crippen LogP contribution in [-0.2, 0) is 9.59 Å². The molecule has 0 aromatic heterocycles. The minimum Gasteiger partial charge on any atom is -0.355 e. The Morgan fingerprint density at radius 1 is 1.14 bits per heavy atom. The van der Waals surface area contributed by atoms with Crippen molar-refractivity contribution in [3.05, 3.63) is 28.2 Å². The van der Waals surface area contributed by atoms with Crippen molar-refractivity contribution < 1.29 is 9.59 Å². The molecular formula is C15H20Cl2N2O2. The van der Waals surface area contributed by atoms with Crippen LogP contribution in [0, 0.1) is 11.3 Å². The van der Waals surface area contributed by atoms with Crippen LogP contribution in [0.4, 0.5) is 5.69 Å². The molecule has 0 saturated carbocycles. The van der Waals surface area contributed by atoms with Crippen LogP contribution in [0.1, 0.15) is 27.7 Å². The van der Waals surface area contributed by atoms with Gasteiger partial charge in [-0.2, -0.15) is 0 Å². The Bertz CT molecular complexity index is 542. The van der Waals surface area contributed by atoms with Gasteiger partial charge in [-0.3, -0.25) is 9.59 Å². The quantitative estimate of drug-likeness (QED) is 0.808. The highest BCUT2D eigenvalue weighted by molar-refractivity contribution is 6.42. The van der Waals surface area contributed by atoms with Gasteiger partial charge in [0.2, 0.25) is 11.8 Å². The maximum Gasteiger partial charge on any atom is 0.239 e. The van der Waals surface area contributed by atoms with Gasteiger partial charge in [-0.1, -0.05) is 37.0 Å². The van der Waals surface area contributed by atoms with Gasteiger partial charge in [0.05, 0.1) is 10.0 Å². The number of carbonyl (C=O) groups is 2. The number of anilines is 1.